The molecule has 0 rings (SSSR count). The highest BCUT2D eigenvalue weighted by Crippen LogP contribution is 2.06. The van der Waals surface area contributed by atoms with Gasteiger partial charge in [-0.1, -0.05) is 13.3 Å². The van der Waals surface area contributed by atoms with Crippen molar-refractivity contribution in [3.8, 4) is 0 Å². The van der Waals surface area contributed by atoms with E-state index in [-0.39, 0.29) is 5.91 Å². The summed E-state index contributed by atoms with van der Waals surface area (Å²) < 4.78 is 0. The lowest BCUT2D eigenvalue weighted by molar-refractivity contribution is -0.129. The topological polar surface area (TPSA) is 37.4 Å². The molecule has 0 fully saturated rings. The molecule has 3 nitrogen and oxygen atoms in total. The van der Waals surface area contributed by atoms with Gasteiger partial charge in [-0.3, -0.25) is 9.59 Å². The third-order valence-corrected chi connectivity index (χ3v) is 2.64. The van der Waals surface area contributed by atoms with Gasteiger partial charge >= 0.3 is 0 Å². The second kappa shape index (κ2) is 8.45. The van der Waals surface area contributed by atoms with Crippen molar-refractivity contribution in [2.45, 2.75) is 52.4 Å². The fraction of sp³-hybridized carbons (Fsp3) is 0.833. The summed E-state index contributed by atoms with van der Waals surface area (Å²) in [6.45, 7) is 4.63. The van der Waals surface area contributed by atoms with Crippen molar-refractivity contribution in [1.82, 2.24) is 4.90 Å². The molecule has 0 aromatic carbocycles. The molecule has 0 aliphatic carbocycles. The molecule has 15 heavy (non-hydrogen) atoms. The zero-order valence-corrected chi connectivity index (χ0v) is 10.2. The normalized spacial score (nSPS) is 10.1. The van der Waals surface area contributed by atoms with Gasteiger partial charge < -0.3 is 4.90 Å². The number of carbonyl (C=O) groups is 2. The summed E-state index contributed by atoms with van der Waals surface area (Å²) in [7, 11) is 1.82. The van der Waals surface area contributed by atoms with E-state index < -0.39 is 0 Å². The molecule has 0 bridgehead atoms. The van der Waals surface area contributed by atoms with E-state index >= 15 is 0 Å². The zero-order chi connectivity index (χ0) is 11.7. The second-order valence-corrected chi connectivity index (χ2v) is 3.86. The molecule has 0 spiro atoms. The fourth-order valence-corrected chi connectivity index (χ4v) is 1.32. The van der Waals surface area contributed by atoms with Crippen LogP contribution in [-0.4, -0.2) is 30.2 Å². The molecule has 0 aromatic heterocycles. The Morgan fingerprint density at radius 2 is 1.60 bits per heavy atom. The molecule has 0 aliphatic heterocycles. The monoisotopic (exact) mass is 213 g/mol. The number of hydrogen-bond acceptors (Lipinski definition) is 2. The van der Waals surface area contributed by atoms with Crippen LogP contribution in [0.4, 0.5) is 0 Å². The summed E-state index contributed by atoms with van der Waals surface area (Å²) in [6, 6.07) is 0. The smallest absolute Gasteiger partial charge is 0.222 e. The molecule has 0 aliphatic rings. The molecule has 0 heterocycles. The molecular formula is C12H23NO2. The lowest BCUT2D eigenvalue weighted by atomic mass is 10.1. The number of hydrogen-bond donors (Lipinski definition) is 0. The Morgan fingerprint density at radius 3 is 2.13 bits per heavy atom. The summed E-state index contributed by atoms with van der Waals surface area (Å²) in [5.74, 6) is 0.534. The van der Waals surface area contributed by atoms with Gasteiger partial charge in [-0.05, 0) is 19.8 Å². The molecule has 0 unspecified atom stereocenters. The maximum Gasteiger partial charge on any atom is 0.222 e. The molecular weight excluding hydrogens is 190 g/mol. The number of unbranched alkanes of at least 4 members (excludes halogenated alkanes) is 2. The van der Waals surface area contributed by atoms with E-state index in [2.05, 4.69) is 0 Å². The SMILES string of the molecule is CCC(=O)CCCCCC(=O)N(C)CC. The molecule has 88 valence electrons. The Labute approximate surface area is 92.8 Å². The minimum absolute atomic E-state index is 0.208. The second-order valence-electron chi connectivity index (χ2n) is 3.86. The van der Waals surface area contributed by atoms with E-state index in [4.69, 9.17) is 0 Å². The van der Waals surface area contributed by atoms with Crippen molar-refractivity contribution in [3.63, 3.8) is 0 Å². The number of ketones is 1. The molecule has 3 heteroatoms. The van der Waals surface area contributed by atoms with Crippen LogP contribution in [0.5, 0.6) is 0 Å². The predicted molar refractivity (Wildman–Crippen MR) is 61.7 cm³/mol. The van der Waals surface area contributed by atoms with Gasteiger partial charge in [0.25, 0.3) is 0 Å². The van der Waals surface area contributed by atoms with Gasteiger partial charge in [-0.2, -0.15) is 0 Å². The highest BCUT2D eigenvalue weighted by Gasteiger charge is 2.05. The number of rotatable bonds is 8. The van der Waals surface area contributed by atoms with Gasteiger partial charge in [0, 0.05) is 32.9 Å². The van der Waals surface area contributed by atoms with Gasteiger partial charge in [0.05, 0.1) is 0 Å². The van der Waals surface area contributed by atoms with Gasteiger partial charge in [0.2, 0.25) is 5.91 Å². The molecule has 0 saturated heterocycles. The van der Waals surface area contributed by atoms with Gasteiger partial charge in [0.15, 0.2) is 0 Å². The highest BCUT2D eigenvalue weighted by molar-refractivity contribution is 5.78. The maximum absolute atomic E-state index is 11.4. The lowest BCUT2D eigenvalue weighted by Gasteiger charge is -2.13. The van der Waals surface area contributed by atoms with Crippen molar-refractivity contribution < 1.29 is 9.59 Å². The van der Waals surface area contributed by atoms with Crippen LogP contribution in [0.1, 0.15) is 52.4 Å². The van der Waals surface area contributed by atoms with Crippen molar-refractivity contribution in [1.29, 1.82) is 0 Å². The Hall–Kier alpha value is -0.860. The molecule has 0 aromatic rings. The quantitative estimate of drug-likeness (QED) is 0.581. The average molecular weight is 213 g/mol. The first-order valence-electron chi connectivity index (χ1n) is 5.87. The van der Waals surface area contributed by atoms with E-state index in [9.17, 15) is 9.59 Å². The van der Waals surface area contributed by atoms with Crippen LogP contribution >= 0.6 is 0 Å². The summed E-state index contributed by atoms with van der Waals surface area (Å²) in [5, 5.41) is 0. The van der Waals surface area contributed by atoms with Crippen LogP contribution in [0, 0.1) is 0 Å². The van der Waals surface area contributed by atoms with Crippen LogP contribution in [-0.2, 0) is 9.59 Å². The van der Waals surface area contributed by atoms with Crippen LogP contribution in [0.25, 0.3) is 0 Å². The van der Waals surface area contributed by atoms with Gasteiger partial charge in [-0.15, -0.1) is 0 Å². The average Bonchev–Trinajstić information content (AvgIpc) is 2.26. The Kier molecular flexibility index (Phi) is 7.96. The van der Waals surface area contributed by atoms with E-state index in [0.717, 1.165) is 25.8 Å². The number of Topliss-reactive ketones (excluding diaryl/α,β-unsaturated/α-hetero) is 1. The molecule has 0 saturated carbocycles. The molecule has 0 N–H and O–H groups in total. The third-order valence-electron chi connectivity index (χ3n) is 2.64. The summed E-state index contributed by atoms with van der Waals surface area (Å²) in [6.07, 6.45) is 4.74. The zero-order valence-electron chi connectivity index (χ0n) is 10.2. The van der Waals surface area contributed by atoms with E-state index in [1.165, 1.54) is 0 Å². The van der Waals surface area contributed by atoms with Crippen LogP contribution in [0.3, 0.4) is 0 Å². The maximum atomic E-state index is 11.4. The first-order valence-corrected chi connectivity index (χ1v) is 5.87. The Balaban J connectivity index is 3.39. The number of carbonyl (C=O) groups excluding carboxylic acids is 2. The largest absolute Gasteiger partial charge is 0.346 e. The van der Waals surface area contributed by atoms with Crippen molar-refractivity contribution in [2.75, 3.05) is 13.6 Å². The highest BCUT2D eigenvalue weighted by atomic mass is 16.2. The van der Waals surface area contributed by atoms with Crippen LogP contribution in [0.15, 0.2) is 0 Å². The van der Waals surface area contributed by atoms with E-state index in [0.29, 0.717) is 25.0 Å². The number of amides is 1. The summed E-state index contributed by atoms with van der Waals surface area (Å²) in [5.41, 5.74) is 0. The summed E-state index contributed by atoms with van der Waals surface area (Å²) >= 11 is 0. The lowest BCUT2D eigenvalue weighted by Crippen LogP contribution is -2.25. The van der Waals surface area contributed by atoms with Crippen molar-refractivity contribution >= 4 is 11.7 Å². The van der Waals surface area contributed by atoms with E-state index in [1.54, 1.807) is 4.90 Å². The standard InChI is InChI=1S/C12H23NO2/c1-4-11(14)9-7-6-8-10-12(15)13(3)5-2/h4-10H2,1-3H3. The molecule has 0 atom stereocenters. The summed E-state index contributed by atoms with van der Waals surface area (Å²) in [4.78, 5) is 24.1. The van der Waals surface area contributed by atoms with Crippen molar-refractivity contribution in [2.24, 2.45) is 0 Å². The van der Waals surface area contributed by atoms with Crippen molar-refractivity contribution in [3.05, 3.63) is 0 Å². The third kappa shape index (κ3) is 7.11. The van der Waals surface area contributed by atoms with Crippen LogP contribution < -0.4 is 0 Å². The first-order chi connectivity index (χ1) is 7.11. The van der Waals surface area contributed by atoms with Gasteiger partial charge in [0.1, 0.15) is 5.78 Å². The molecule has 1 amide bonds. The van der Waals surface area contributed by atoms with Gasteiger partial charge in [-0.25, -0.2) is 0 Å². The minimum Gasteiger partial charge on any atom is -0.346 e. The van der Waals surface area contributed by atoms with Crippen LogP contribution in [0.2, 0.25) is 0 Å². The first kappa shape index (κ1) is 14.1. The van der Waals surface area contributed by atoms with E-state index in [1.807, 2.05) is 20.9 Å². The Morgan fingerprint density at radius 1 is 1.00 bits per heavy atom. The minimum atomic E-state index is 0.208. The number of nitrogens with zero attached hydrogens (tertiary/aromatic N) is 1. The Bertz CT molecular complexity index is 202. The predicted octanol–water partition coefficient (Wildman–Crippen LogP) is 2.39. The fourth-order valence-electron chi connectivity index (χ4n) is 1.32. The molecule has 0 radical (unpaired) electrons.